The standard InChI is InChI=1S/C19H25N3O2/c1-16(14-24-15-17-7-3-2-4-8-17)19(23)21-11-5-9-18(13-21)22-12-6-10-20-22/h2-4,6-8,10,12,16,18H,5,9,11,13-15H2,1H3/t16-,18-/m1/s1. The molecule has 0 bridgehead atoms. The molecule has 1 amide bonds. The first-order chi connectivity index (χ1) is 11.7. The normalized spacial score (nSPS) is 19.2. The third kappa shape index (κ3) is 4.23. The van der Waals surface area contributed by atoms with Gasteiger partial charge < -0.3 is 9.64 Å². The molecule has 3 rings (SSSR count). The number of amides is 1. The number of carbonyl (C=O) groups excluding carboxylic acids is 1. The van der Waals surface area contributed by atoms with Crippen molar-refractivity contribution in [2.24, 2.45) is 5.92 Å². The van der Waals surface area contributed by atoms with E-state index in [9.17, 15) is 4.79 Å². The molecule has 0 spiro atoms. The van der Waals surface area contributed by atoms with Crippen LogP contribution in [-0.4, -0.2) is 40.3 Å². The lowest BCUT2D eigenvalue weighted by Crippen LogP contribution is -2.44. The molecular formula is C19H25N3O2. The summed E-state index contributed by atoms with van der Waals surface area (Å²) in [6.45, 7) is 4.53. The lowest BCUT2D eigenvalue weighted by molar-refractivity contribution is -0.138. The fourth-order valence-corrected chi connectivity index (χ4v) is 3.18. The van der Waals surface area contributed by atoms with Crippen molar-refractivity contribution in [3.05, 3.63) is 54.4 Å². The number of benzene rings is 1. The largest absolute Gasteiger partial charge is 0.376 e. The fraction of sp³-hybridized carbons (Fsp3) is 0.474. The van der Waals surface area contributed by atoms with Gasteiger partial charge in [0.1, 0.15) is 0 Å². The van der Waals surface area contributed by atoms with Gasteiger partial charge in [0.2, 0.25) is 5.91 Å². The number of ether oxygens (including phenoxy) is 1. The molecule has 1 aromatic heterocycles. The van der Waals surface area contributed by atoms with Gasteiger partial charge in [0.15, 0.2) is 0 Å². The van der Waals surface area contributed by atoms with Crippen molar-refractivity contribution < 1.29 is 9.53 Å². The average molecular weight is 327 g/mol. The Bertz CT molecular complexity index is 627. The molecule has 5 heteroatoms. The van der Waals surface area contributed by atoms with Crippen molar-refractivity contribution in [1.29, 1.82) is 0 Å². The molecule has 5 nitrogen and oxygen atoms in total. The van der Waals surface area contributed by atoms with Crippen LogP contribution in [0.5, 0.6) is 0 Å². The highest BCUT2D eigenvalue weighted by Crippen LogP contribution is 2.22. The van der Waals surface area contributed by atoms with Gasteiger partial charge in [-0.25, -0.2) is 0 Å². The molecule has 0 unspecified atom stereocenters. The third-order valence-electron chi connectivity index (χ3n) is 4.51. The monoisotopic (exact) mass is 327 g/mol. The number of carbonyl (C=O) groups is 1. The molecule has 0 N–H and O–H groups in total. The summed E-state index contributed by atoms with van der Waals surface area (Å²) in [5, 5.41) is 4.32. The Morgan fingerprint density at radius 1 is 1.33 bits per heavy atom. The fourth-order valence-electron chi connectivity index (χ4n) is 3.18. The van der Waals surface area contributed by atoms with E-state index < -0.39 is 0 Å². The predicted molar refractivity (Wildman–Crippen MR) is 92.3 cm³/mol. The van der Waals surface area contributed by atoms with Crippen molar-refractivity contribution in [2.45, 2.75) is 32.4 Å². The van der Waals surface area contributed by atoms with E-state index in [1.165, 1.54) is 0 Å². The van der Waals surface area contributed by atoms with E-state index in [2.05, 4.69) is 5.10 Å². The predicted octanol–water partition coefficient (Wildman–Crippen LogP) is 2.90. The number of hydrogen-bond donors (Lipinski definition) is 0. The van der Waals surface area contributed by atoms with E-state index >= 15 is 0 Å². The summed E-state index contributed by atoms with van der Waals surface area (Å²) in [6.07, 6.45) is 5.87. The minimum absolute atomic E-state index is 0.120. The van der Waals surface area contributed by atoms with Gasteiger partial charge in [-0.1, -0.05) is 37.3 Å². The van der Waals surface area contributed by atoms with Crippen LogP contribution in [0.25, 0.3) is 0 Å². The van der Waals surface area contributed by atoms with Gasteiger partial charge in [-0.15, -0.1) is 0 Å². The second-order valence-electron chi connectivity index (χ2n) is 6.47. The molecule has 1 saturated heterocycles. The maximum atomic E-state index is 12.7. The Kier molecular flexibility index (Phi) is 5.64. The number of piperidine rings is 1. The highest BCUT2D eigenvalue weighted by atomic mass is 16.5. The molecule has 2 aromatic rings. The van der Waals surface area contributed by atoms with Crippen LogP contribution in [0.1, 0.15) is 31.4 Å². The molecule has 0 aliphatic carbocycles. The summed E-state index contributed by atoms with van der Waals surface area (Å²) in [5.74, 6) is 0.0602. The van der Waals surface area contributed by atoms with Crippen LogP contribution in [0, 0.1) is 5.92 Å². The van der Waals surface area contributed by atoms with Gasteiger partial charge in [-0.05, 0) is 24.5 Å². The molecule has 24 heavy (non-hydrogen) atoms. The Labute approximate surface area is 143 Å². The summed E-state index contributed by atoms with van der Waals surface area (Å²) in [4.78, 5) is 14.6. The van der Waals surface area contributed by atoms with Crippen LogP contribution < -0.4 is 0 Å². The number of likely N-dealkylation sites (tertiary alicyclic amines) is 1. The van der Waals surface area contributed by atoms with Crippen molar-refractivity contribution in [3.63, 3.8) is 0 Å². The first-order valence-corrected chi connectivity index (χ1v) is 8.63. The zero-order valence-electron chi connectivity index (χ0n) is 14.2. The third-order valence-corrected chi connectivity index (χ3v) is 4.51. The number of rotatable bonds is 6. The Morgan fingerprint density at radius 3 is 2.92 bits per heavy atom. The lowest BCUT2D eigenvalue weighted by Gasteiger charge is -2.34. The van der Waals surface area contributed by atoms with Crippen LogP contribution in [0.2, 0.25) is 0 Å². The lowest BCUT2D eigenvalue weighted by atomic mass is 10.0. The zero-order chi connectivity index (χ0) is 16.8. The summed E-state index contributed by atoms with van der Waals surface area (Å²) in [7, 11) is 0. The van der Waals surface area contributed by atoms with Crippen LogP contribution in [0.4, 0.5) is 0 Å². The minimum Gasteiger partial charge on any atom is -0.376 e. The highest BCUT2D eigenvalue weighted by Gasteiger charge is 2.27. The quantitative estimate of drug-likeness (QED) is 0.819. The maximum Gasteiger partial charge on any atom is 0.227 e. The molecule has 0 saturated carbocycles. The molecule has 2 atom stereocenters. The van der Waals surface area contributed by atoms with Crippen molar-refractivity contribution in [3.8, 4) is 0 Å². The zero-order valence-corrected chi connectivity index (χ0v) is 14.2. The van der Waals surface area contributed by atoms with E-state index in [0.29, 0.717) is 13.2 Å². The summed E-state index contributed by atoms with van der Waals surface area (Å²) in [5.41, 5.74) is 1.13. The van der Waals surface area contributed by atoms with Gasteiger partial charge in [0.25, 0.3) is 0 Å². The number of nitrogens with zero attached hydrogens (tertiary/aromatic N) is 3. The smallest absolute Gasteiger partial charge is 0.227 e. The first-order valence-electron chi connectivity index (χ1n) is 8.63. The van der Waals surface area contributed by atoms with Crippen molar-refractivity contribution >= 4 is 5.91 Å². The molecule has 1 fully saturated rings. The van der Waals surface area contributed by atoms with E-state index in [-0.39, 0.29) is 17.9 Å². The topological polar surface area (TPSA) is 47.4 Å². The summed E-state index contributed by atoms with van der Waals surface area (Å²) in [6, 6.07) is 12.3. The van der Waals surface area contributed by atoms with Crippen molar-refractivity contribution in [1.82, 2.24) is 14.7 Å². The van der Waals surface area contributed by atoms with E-state index in [4.69, 9.17) is 4.74 Å². The van der Waals surface area contributed by atoms with E-state index in [1.54, 1.807) is 6.20 Å². The Morgan fingerprint density at radius 2 is 2.17 bits per heavy atom. The molecule has 128 valence electrons. The molecule has 1 aromatic carbocycles. The van der Waals surface area contributed by atoms with Crippen LogP contribution in [-0.2, 0) is 16.1 Å². The van der Waals surface area contributed by atoms with Crippen LogP contribution in [0.15, 0.2) is 48.8 Å². The SMILES string of the molecule is C[C@H](COCc1ccccc1)C(=O)N1CCC[C@@H](n2cccn2)C1. The van der Waals surface area contributed by atoms with Gasteiger partial charge in [-0.3, -0.25) is 9.48 Å². The molecule has 0 radical (unpaired) electrons. The van der Waals surface area contributed by atoms with Gasteiger partial charge in [0, 0.05) is 25.5 Å². The van der Waals surface area contributed by atoms with Gasteiger partial charge >= 0.3 is 0 Å². The highest BCUT2D eigenvalue weighted by molar-refractivity contribution is 5.78. The second-order valence-corrected chi connectivity index (χ2v) is 6.47. The maximum absolute atomic E-state index is 12.7. The molecular weight excluding hydrogens is 302 g/mol. The minimum atomic E-state index is -0.120. The molecule has 1 aliphatic heterocycles. The van der Waals surface area contributed by atoms with Crippen LogP contribution in [0.3, 0.4) is 0 Å². The Balaban J connectivity index is 1.48. The summed E-state index contributed by atoms with van der Waals surface area (Å²) >= 11 is 0. The molecule has 1 aliphatic rings. The Hall–Kier alpha value is -2.14. The van der Waals surface area contributed by atoms with E-state index in [0.717, 1.165) is 31.5 Å². The number of hydrogen-bond acceptors (Lipinski definition) is 3. The van der Waals surface area contributed by atoms with E-state index in [1.807, 2.05) is 59.1 Å². The van der Waals surface area contributed by atoms with Gasteiger partial charge in [-0.2, -0.15) is 5.10 Å². The number of aromatic nitrogens is 2. The van der Waals surface area contributed by atoms with Crippen molar-refractivity contribution in [2.75, 3.05) is 19.7 Å². The van der Waals surface area contributed by atoms with Crippen LogP contribution >= 0.6 is 0 Å². The average Bonchev–Trinajstić information content (AvgIpc) is 3.17. The summed E-state index contributed by atoms with van der Waals surface area (Å²) < 4.78 is 7.70. The molecule has 2 heterocycles. The second kappa shape index (κ2) is 8.11. The van der Waals surface area contributed by atoms with Gasteiger partial charge in [0.05, 0.1) is 25.2 Å². The first kappa shape index (κ1) is 16.7.